The highest BCUT2D eigenvalue weighted by Crippen LogP contribution is 2.32. The number of carbonyl (C=O) groups is 2. The first-order chi connectivity index (χ1) is 17.5. The minimum Gasteiger partial charge on any atom is -0.494 e. The van der Waals surface area contributed by atoms with Crippen LogP contribution in [0.5, 0.6) is 5.75 Å². The third-order valence-corrected chi connectivity index (χ3v) is 5.21. The summed E-state index contributed by atoms with van der Waals surface area (Å²) >= 11 is 0. The molecular formula is C27H22F2N4O3. The molecule has 1 aromatic heterocycles. The topological polar surface area (TPSA) is 84.4 Å². The first-order valence-electron chi connectivity index (χ1n) is 11.1. The summed E-state index contributed by atoms with van der Waals surface area (Å²) in [7, 11) is 0. The molecular weight excluding hydrogens is 466 g/mol. The van der Waals surface area contributed by atoms with E-state index in [9.17, 15) is 18.4 Å². The van der Waals surface area contributed by atoms with Crippen molar-refractivity contribution in [2.24, 2.45) is 0 Å². The molecule has 0 aliphatic rings. The van der Waals surface area contributed by atoms with Gasteiger partial charge < -0.3 is 10.1 Å². The number of rotatable bonds is 8. The maximum absolute atomic E-state index is 13.8. The van der Waals surface area contributed by atoms with Gasteiger partial charge in [-0.2, -0.15) is 0 Å². The van der Waals surface area contributed by atoms with Gasteiger partial charge in [0, 0.05) is 29.8 Å². The second-order valence-electron chi connectivity index (χ2n) is 7.65. The van der Waals surface area contributed by atoms with Crippen LogP contribution >= 0.6 is 0 Å². The van der Waals surface area contributed by atoms with Crippen LogP contribution in [-0.2, 0) is 4.79 Å². The summed E-state index contributed by atoms with van der Waals surface area (Å²) in [6.07, 6.45) is 4.09. The fourth-order valence-electron chi connectivity index (χ4n) is 3.61. The van der Waals surface area contributed by atoms with Gasteiger partial charge >= 0.3 is 0 Å². The van der Waals surface area contributed by atoms with Gasteiger partial charge in [-0.25, -0.2) is 13.8 Å². The number of nitrogens with one attached hydrogen (secondary N) is 1. The van der Waals surface area contributed by atoms with Crippen LogP contribution in [0.3, 0.4) is 0 Å². The first kappa shape index (κ1) is 24.5. The number of ether oxygens (including phenoxy) is 1. The summed E-state index contributed by atoms with van der Waals surface area (Å²) in [6, 6.07) is 15.9. The van der Waals surface area contributed by atoms with E-state index >= 15 is 0 Å². The SMILES string of the molecule is CCOc1cccc(N(C(=O)c2cnccn2)[C@@H](C(=O)Nc2ccc(F)cc2)c2ccc(F)cc2)c1. The van der Waals surface area contributed by atoms with Crippen LogP contribution in [-0.4, -0.2) is 28.4 Å². The van der Waals surface area contributed by atoms with Crippen LogP contribution in [0.25, 0.3) is 0 Å². The third-order valence-electron chi connectivity index (χ3n) is 5.21. The molecule has 2 amide bonds. The summed E-state index contributed by atoms with van der Waals surface area (Å²) in [5, 5.41) is 2.72. The Hall–Kier alpha value is -4.66. The highest BCUT2D eigenvalue weighted by molar-refractivity contribution is 6.11. The van der Waals surface area contributed by atoms with Crippen molar-refractivity contribution in [1.29, 1.82) is 0 Å². The summed E-state index contributed by atoms with van der Waals surface area (Å²) in [4.78, 5) is 36.8. The summed E-state index contributed by atoms with van der Waals surface area (Å²) in [5.74, 6) is -1.69. The lowest BCUT2D eigenvalue weighted by Gasteiger charge is -2.31. The Morgan fingerprint density at radius 2 is 1.67 bits per heavy atom. The highest BCUT2D eigenvalue weighted by atomic mass is 19.1. The van der Waals surface area contributed by atoms with Gasteiger partial charge in [0.1, 0.15) is 29.1 Å². The number of aromatic nitrogens is 2. The van der Waals surface area contributed by atoms with Crippen molar-refractivity contribution in [3.63, 3.8) is 0 Å². The van der Waals surface area contributed by atoms with E-state index in [1.807, 2.05) is 6.92 Å². The van der Waals surface area contributed by atoms with Gasteiger partial charge in [-0.1, -0.05) is 18.2 Å². The van der Waals surface area contributed by atoms with Crippen LogP contribution in [0.4, 0.5) is 20.2 Å². The molecule has 7 nitrogen and oxygen atoms in total. The van der Waals surface area contributed by atoms with E-state index in [2.05, 4.69) is 15.3 Å². The van der Waals surface area contributed by atoms with Crippen LogP contribution < -0.4 is 15.0 Å². The molecule has 9 heteroatoms. The number of hydrogen-bond donors (Lipinski definition) is 1. The van der Waals surface area contributed by atoms with Gasteiger partial charge in [0.25, 0.3) is 11.8 Å². The van der Waals surface area contributed by atoms with Gasteiger partial charge in [0.15, 0.2) is 0 Å². The lowest BCUT2D eigenvalue weighted by molar-refractivity contribution is -0.117. The van der Waals surface area contributed by atoms with Crippen molar-refractivity contribution in [3.05, 3.63) is 114 Å². The standard InChI is InChI=1S/C27H22F2N4O3/c1-2-36-23-5-3-4-22(16-23)33(27(35)24-17-30-14-15-31-24)25(18-6-8-19(28)9-7-18)26(34)32-21-12-10-20(29)11-13-21/h3-17,25H,2H2,1H3,(H,32,34)/t25-/m1/s1. The Labute approximate surface area is 206 Å². The van der Waals surface area contributed by atoms with Crippen LogP contribution in [0.2, 0.25) is 0 Å². The normalized spacial score (nSPS) is 11.4. The molecule has 36 heavy (non-hydrogen) atoms. The summed E-state index contributed by atoms with van der Waals surface area (Å²) < 4.78 is 32.8. The number of hydrogen-bond acceptors (Lipinski definition) is 5. The molecule has 0 bridgehead atoms. The van der Waals surface area contributed by atoms with E-state index in [0.717, 1.165) is 0 Å². The molecule has 182 valence electrons. The van der Waals surface area contributed by atoms with Crippen molar-refractivity contribution < 1.29 is 23.1 Å². The zero-order valence-corrected chi connectivity index (χ0v) is 19.3. The molecule has 3 aromatic carbocycles. The molecule has 0 aliphatic carbocycles. The van der Waals surface area contributed by atoms with Gasteiger partial charge in [-0.15, -0.1) is 0 Å². The van der Waals surface area contributed by atoms with E-state index in [1.54, 1.807) is 24.3 Å². The molecule has 1 heterocycles. The van der Waals surface area contributed by atoms with Crippen LogP contribution in [0.1, 0.15) is 29.0 Å². The average Bonchev–Trinajstić information content (AvgIpc) is 2.90. The van der Waals surface area contributed by atoms with Crippen molar-refractivity contribution in [1.82, 2.24) is 9.97 Å². The molecule has 0 saturated heterocycles. The van der Waals surface area contributed by atoms with E-state index in [4.69, 9.17) is 4.74 Å². The van der Waals surface area contributed by atoms with Gasteiger partial charge in [-0.3, -0.25) is 19.5 Å². The molecule has 1 N–H and O–H groups in total. The quantitative estimate of drug-likeness (QED) is 0.370. The number of anilines is 2. The molecule has 4 aromatic rings. The second-order valence-corrected chi connectivity index (χ2v) is 7.65. The van der Waals surface area contributed by atoms with Crippen LogP contribution in [0.15, 0.2) is 91.4 Å². The van der Waals surface area contributed by atoms with Gasteiger partial charge in [0.05, 0.1) is 12.8 Å². The fourth-order valence-corrected chi connectivity index (χ4v) is 3.61. The average molecular weight is 488 g/mol. The van der Waals surface area contributed by atoms with E-state index in [0.29, 0.717) is 29.3 Å². The predicted molar refractivity (Wildman–Crippen MR) is 131 cm³/mol. The summed E-state index contributed by atoms with van der Waals surface area (Å²) in [6.45, 7) is 2.22. The van der Waals surface area contributed by atoms with Crippen LogP contribution in [0, 0.1) is 11.6 Å². The smallest absolute Gasteiger partial charge is 0.279 e. The van der Waals surface area contributed by atoms with Crippen molar-refractivity contribution in [2.75, 3.05) is 16.8 Å². The van der Waals surface area contributed by atoms with E-state index in [1.165, 1.54) is 72.0 Å². The van der Waals surface area contributed by atoms with E-state index in [-0.39, 0.29) is 5.69 Å². The zero-order valence-electron chi connectivity index (χ0n) is 19.3. The van der Waals surface area contributed by atoms with Crippen molar-refractivity contribution >= 4 is 23.2 Å². The Morgan fingerprint density at radius 3 is 2.31 bits per heavy atom. The Balaban J connectivity index is 1.85. The van der Waals surface area contributed by atoms with E-state index < -0.39 is 29.5 Å². The van der Waals surface area contributed by atoms with Crippen molar-refractivity contribution in [2.45, 2.75) is 13.0 Å². The molecule has 0 spiro atoms. The Morgan fingerprint density at radius 1 is 0.972 bits per heavy atom. The number of amides is 2. The number of carbonyl (C=O) groups excluding carboxylic acids is 2. The monoisotopic (exact) mass is 488 g/mol. The largest absolute Gasteiger partial charge is 0.494 e. The maximum atomic E-state index is 13.8. The number of nitrogens with zero attached hydrogens (tertiary/aromatic N) is 3. The van der Waals surface area contributed by atoms with Crippen molar-refractivity contribution in [3.8, 4) is 5.75 Å². The molecule has 4 rings (SSSR count). The second kappa shape index (κ2) is 11.2. The molecule has 1 atom stereocenters. The van der Waals surface area contributed by atoms with Gasteiger partial charge in [0.2, 0.25) is 0 Å². The number of benzene rings is 3. The first-order valence-corrected chi connectivity index (χ1v) is 11.1. The molecule has 0 unspecified atom stereocenters. The third kappa shape index (κ3) is 5.69. The minimum atomic E-state index is -1.25. The number of halogens is 2. The molecule has 0 aliphatic heterocycles. The van der Waals surface area contributed by atoms with Gasteiger partial charge in [-0.05, 0) is 61.0 Å². The molecule has 0 radical (unpaired) electrons. The lowest BCUT2D eigenvalue weighted by atomic mass is 10.0. The minimum absolute atomic E-state index is 0.000932. The fraction of sp³-hybridized carbons (Fsp3) is 0.111. The lowest BCUT2D eigenvalue weighted by Crippen LogP contribution is -2.42. The summed E-state index contributed by atoms with van der Waals surface area (Å²) in [5.41, 5.74) is 1.01. The Kier molecular flexibility index (Phi) is 7.60. The predicted octanol–water partition coefficient (Wildman–Crippen LogP) is 5.18. The highest BCUT2D eigenvalue weighted by Gasteiger charge is 2.34. The molecule has 0 saturated carbocycles. The molecule has 0 fully saturated rings. The zero-order chi connectivity index (χ0) is 25.5. The maximum Gasteiger partial charge on any atom is 0.279 e. The Bertz CT molecular complexity index is 1330.